The van der Waals surface area contributed by atoms with Gasteiger partial charge in [0.25, 0.3) is 6.47 Å². The molecule has 0 heterocycles. The molecule has 6 nitrogen and oxygen atoms in total. The number of hydrogen-bond donors (Lipinski definition) is 2. The van der Waals surface area contributed by atoms with Crippen LogP contribution in [0.5, 0.6) is 0 Å². The van der Waals surface area contributed by atoms with Gasteiger partial charge in [-0.1, -0.05) is 20.3 Å². The number of rotatable bonds is 11. The van der Waals surface area contributed by atoms with Crippen LogP contribution >= 0.6 is 0 Å². The summed E-state index contributed by atoms with van der Waals surface area (Å²) in [5.41, 5.74) is 0. The zero-order valence-corrected chi connectivity index (χ0v) is 11.1. The number of aliphatic hydroxyl groups excluding tert-OH is 1. The van der Waals surface area contributed by atoms with E-state index in [-0.39, 0.29) is 19.1 Å². The highest BCUT2D eigenvalue weighted by atomic mass is 16.6. The molecule has 0 amide bonds. The van der Waals surface area contributed by atoms with Gasteiger partial charge in [-0.2, -0.15) is 0 Å². The van der Waals surface area contributed by atoms with Crippen molar-refractivity contribution in [2.24, 2.45) is 0 Å². The predicted octanol–water partition coefficient (Wildman–Crippen LogP) is 0.579. The summed E-state index contributed by atoms with van der Waals surface area (Å²) >= 11 is 0. The number of carbonyl (C=O) groups is 2. The zero-order chi connectivity index (χ0) is 13.8. The van der Waals surface area contributed by atoms with Crippen molar-refractivity contribution >= 4 is 12.4 Å². The third-order valence-electron chi connectivity index (χ3n) is 2.28. The summed E-state index contributed by atoms with van der Waals surface area (Å²) in [7, 11) is 0. The van der Waals surface area contributed by atoms with Gasteiger partial charge >= 0.3 is 5.97 Å². The van der Waals surface area contributed by atoms with Gasteiger partial charge in [-0.15, -0.1) is 0 Å². The number of carbonyl (C=O) groups excluding carboxylic acids is 2. The van der Waals surface area contributed by atoms with Gasteiger partial charge in [-0.25, -0.2) is 0 Å². The second-order valence-corrected chi connectivity index (χ2v) is 4.00. The third-order valence-corrected chi connectivity index (χ3v) is 2.28. The Morgan fingerprint density at radius 3 is 2.67 bits per heavy atom. The molecule has 0 saturated heterocycles. The lowest BCUT2D eigenvalue weighted by atomic mass is 10.3. The highest BCUT2D eigenvalue weighted by Gasteiger charge is 2.14. The van der Waals surface area contributed by atoms with Crippen molar-refractivity contribution in [1.29, 1.82) is 0 Å². The van der Waals surface area contributed by atoms with E-state index in [0.717, 1.165) is 6.42 Å². The van der Waals surface area contributed by atoms with Gasteiger partial charge in [0.1, 0.15) is 18.9 Å². The molecule has 0 saturated carbocycles. The maximum atomic E-state index is 11.2. The fourth-order valence-electron chi connectivity index (χ4n) is 1.33. The van der Waals surface area contributed by atoms with Crippen LogP contribution in [0.1, 0.15) is 39.5 Å². The molecule has 6 heteroatoms. The Bertz CT molecular complexity index is 235. The maximum absolute atomic E-state index is 11.2. The lowest BCUT2D eigenvalue weighted by Gasteiger charge is -2.18. The van der Waals surface area contributed by atoms with Gasteiger partial charge in [0.2, 0.25) is 0 Å². The third kappa shape index (κ3) is 8.95. The Balaban J connectivity index is 3.90. The Morgan fingerprint density at radius 1 is 1.39 bits per heavy atom. The lowest BCUT2D eigenvalue weighted by molar-refractivity contribution is -0.151. The molecule has 0 spiro atoms. The number of aliphatic hydroxyl groups is 1. The van der Waals surface area contributed by atoms with E-state index in [0.29, 0.717) is 25.7 Å². The number of hydrogen-bond acceptors (Lipinski definition) is 6. The molecule has 0 bridgehead atoms. The molecule has 0 aromatic carbocycles. The summed E-state index contributed by atoms with van der Waals surface area (Å²) in [4.78, 5) is 21.5. The quantitative estimate of drug-likeness (QED) is 0.321. The Labute approximate surface area is 108 Å². The monoisotopic (exact) mass is 261 g/mol. The molecule has 0 aliphatic rings. The van der Waals surface area contributed by atoms with Gasteiger partial charge < -0.3 is 14.6 Å². The summed E-state index contributed by atoms with van der Waals surface area (Å²) in [6.07, 6.45) is 1.31. The minimum Gasteiger partial charge on any atom is -0.462 e. The average molecular weight is 261 g/mol. The van der Waals surface area contributed by atoms with E-state index in [1.807, 2.05) is 13.8 Å². The minimum absolute atomic E-state index is 0.00339. The molecule has 0 rings (SSSR count). The molecule has 0 fully saturated rings. The summed E-state index contributed by atoms with van der Waals surface area (Å²) in [6, 6.07) is 0. The Hall–Kier alpha value is -1.14. The van der Waals surface area contributed by atoms with Crippen molar-refractivity contribution in [3.8, 4) is 0 Å². The molecule has 0 aliphatic heterocycles. The van der Waals surface area contributed by atoms with Gasteiger partial charge in [-0.3, -0.25) is 14.9 Å². The summed E-state index contributed by atoms with van der Waals surface area (Å²) < 4.78 is 9.71. The number of ether oxygens (including phenoxy) is 2. The second kappa shape index (κ2) is 11.0. The van der Waals surface area contributed by atoms with Crippen molar-refractivity contribution in [2.45, 2.75) is 51.9 Å². The van der Waals surface area contributed by atoms with E-state index in [1.54, 1.807) is 0 Å². The van der Waals surface area contributed by atoms with E-state index in [2.05, 4.69) is 5.32 Å². The van der Waals surface area contributed by atoms with Crippen molar-refractivity contribution < 1.29 is 24.2 Å². The molecule has 106 valence electrons. The summed E-state index contributed by atoms with van der Waals surface area (Å²) in [5, 5.41) is 12.3. The van der Waals surface area contributed by atoms with Crippen LogP contribution in [0.3, 0.4) is 0 Å². The number of esters is 1. The molecule has 0 aromatic rings. The SMILES string of the molecule is CCCC(=O)OC[C@@H](CNC(O)CCC)OC=O. The Morgan fingerprint density at radius 2 is 2.11 bits per heavy atom. The van der Waals surface area contributed by atoms with E-state index < -0.39 is 12.3 Å². The van der Waals surface area contributed by atoms with Crippen molar-refractivity contribution in [2.75, 3.05) is 13.2 Å². The first-order chi connectivity index (χ1) is 8.63. The maximum Gasteiger partial charge on any atom is 0.305 e. The smallest absolute Gasteiger partial charge is 0.305 e. The molecule has 1 unspecified atom stereocenters. The zero-order valence-electron chi connectivity index (χ0n) is 11.1. The average Bonchev–Trinajstić information content (AvgIpc) is 2.33. The van der Waals surface area contributed by atoms with Crippen molar-refractivity contribution in [3.05, 3.63) is 0 Å². The largest absolute Gasteiger partial charge is 0.462 e. The van der Waals surface area contributed by atoms with E-state index >= 15 is 0 Å². The van der Waals surface area contributed by atoms with Gasteiger partial charge in [-0.05, 0) is 12.8 Å². The standard InChI is InChI=1S/C12H23NO5/c1-3-5-11(15)13-7-10(18-9-14)8-17-12(16)6-4-2/h9-11,13,15H,3-8H2,1-2H3/t10-,11?/m1/s1. The highest BCUT2D eigenvalue weighted by Crippen LogP contribution is 1.98. The molecule has 2 atom stereocenters. The van der Waals surface area contributed by atoms with E-state index in [9.17, 15) is 14.7 Å². The van der Waals surface area contributed by atoms with Gasteiger partial charge in [0.15, 0.2) is 0 Å². The fraction of sp³-hybridized carbons (Fsp3) is 0.833. The van der Waals surface area contributed by atoms with Crippen LogP contribution in [0, 0.1) is 0 Å². The topological polar surface area (TPSA) is 84.9 Å². The van der Waals surface area contributed by atoms with Crippen LogP contribution in [0.2, 0.25) is 0 Å². The summed E-state index contributed by atoms with van der Waals surface area (Å²) in [5.74, 6) is -0.314. The van der Waals surface area contributed by atoms with E-state index in [1.165, 1.54) is 0 Å². The predicted molar refractivity (Wildman–Crippen MR) is 65.7 cm³/mol. The van der Waals surface area contributed by atoms with Crippen LogP contribution < -0.4 is 5.32 Å². The number of nitrogens with one attached hydrogen (secondary N) is 1. The summed E-state index contributed by atoms with van der Waals surface area (Å²) in [6.45, 7) is 4.40. The van der Waals surface area contributed by atoms with E-state index in [4.69, 9.17) is 9.47 Å². The molecular formula is C12H23NO5. The van der Waals surface area contributed by atoms with Crippen molar-refractivity contribution in [3.63, 3.8) is 0 Å². The molecular weight excluding hydrogens is 238 g/mol. The molecule has 0 aromatic heterocycles. The minimum atomic E-state index is -0.640. The van der Waals surface area contributed by atoms with Gasteiger partial charge in [0, 0.05) is 13.0 Å². The Kier molecular flexibility index (Phi) is 10.3. The van der Waals surface area contributed by atoms with Crippen LogP contribution in [-0.4, -0.2) is 43.0 Å². The van der Waals surface area contributed by atoms with Crippen LogP contribution in [-0.2, 0) is 19.1 Å². The van der Waals surface area contributed by atoms with Crippen LogP contribution in [0.4, 0.5) is 0 Å². The van der Waals surface area contributed by atoms with Gasteiger partial charge in [0.05, 0.1) is 0 Å². The second-order valence-electron chi connectivity index (χ2n) is 4.00. The molecule has 2 N–H and O–H groups in total. The fourth-order valence-corrected chi connectivity index (χ4v) is 1.33. The highest BCUT2D eigenvalue weighted by molar-refractivity contribution is 5.69. The lowest BCUT2D eigenvalue weighted by Crippen LogP contribution is -2.39. The normalized spacial score (nSPS) is 13.7. The first-order valence-corrected chi connectivity index (χ1v) is 6.30. The molecule has 0 radical (unpaired) electrons. The van der Waals surface area contributed by atoms with Crippen LogP contribution in [0.15, 0.2) is 0 Å². The van der Waals surface area contributed by atoms with Crippen molar-refractivity contribution in [1.82, 2.24) is 5.32 Å². The first kappa shape index (κ1) is 16.9. The molecule has 18 heavy (non-hydrogen) atoms. The van der Waals surface area contributed by atoms with Crippen LogP contribution in [0.25, 0.3) is 0 Å². The first-order valence-electron chi connectivity index (χ1n) is 6.30. The molecule has 0 aliphatic carbocycles.